The molecular weight excluding hydrogens is 342 g/mol. The number of methoxy groups -OCH3 is 1. The minimum atomic E-state index is -2.85. The van der Waals surface area contributed by atoms with Crippen molar-refractivity contribution in [1.29, 1.82) is 0 Å². The van der Waals surface area contributed by atoms with Crippen LogP contribution in [0.15, 0.2) is 48.5 Å². The molecule has 0 fully saturated rings. The summed E-state index contributed by atoms with van der Waals surface area (Å²) >= 11 is 0. The zero-order valence-corrected chi connectivity index (χ0v) is 14.9. The van der Waals surface area contributed by atoms with Gasteiger partial charge >= 0.3 is 6.61 Å². The van der Waals surface area contributed by atoms with E-state index in [9.17, 15) is 13.6 Å². The quantitative estimate of drug-likeness (QED) is 0.775. The highest BCUT2D eigenvalue weighted by Gasteiger charge is 2.19. The first-order valence-corrected chi connectivity index (χ1v) is 8.08. The molecule has 2 rings (SSSR count). The van der Waals surface area contributed by atoms with Crippen molar-refractivity contribution in [2.24, 2.45) is 0 Å². The SMILES string of the molecule is COc1ccccc1NC(=O)[C@@H](C)N(C)Cc1ccc(OC(F)F)cc1. The number of nitrogens with zero attached hydrogens (tertiary/aromatic N) is 1. The number of hydrogen-bond donors (Lipinski definition) is 1. The number of benzene rings is 2. The molecule has 0 saturated carbocycles. The molecule has 0 aliphatic carbocycles. The molecule has 0 saturated heterocycles. The summed E-state index contributed by atoms with van der Waals surface area (Å²) in [4.78, 5) is 14.3. The van der Waals surface area contributed by atoms with Crippen LogP contribution in [0.5, 0.6) is 11.5 Å². The molecule has 140 valence electrons. The lowest BCUT2D eigenvalue weighted by Gasteiger charge is -2.24. The van der Waals surface area contributed by atoms with Crippen molar-refractivity contribution < 1.29 is 23.0 Å². The summed E-state index contributed by atoms with van der Waals surface area (Å²) in [6, 6.07) is 13.1. The molecule has 0 aromatic heterocycles. The number of halogens is 2. The van der Waals surface area contributed by atoms with Gasteiger partial charge in [-0.2, -0.15) is 8.78 Å². The fourth-order valence-corrected chi connectivity index (χ4v) is 2.39. The van der Waals surface area contributed by atoms with Gasteiger partial charge in [-0.15, -0.1) is 0 Å². The number of ether oxygens (including phenoxy) is 2. The van der Waals surface area contributed by atoms with Gasteiger partial charge < -0.3 is 14.8 Å². The van der Waals surface area contributed by atoms with Crippen LogP contribution in [-0.2, 0) is 11.3 Å². The van der Waals surface area contributed by atoms with E-state index in [1.807, 2.05) is 24.1 Å². The van der Waals surface area contributed by atoms with Crippen molar-refractivity contribution in [2.45, 2.75) is 26.1 Å². The third-order valence-electron chi connectivity index (χ3n) is 3.99. The van der Waals surface area contributed by atoms with Crippen LogP contribution in [0.1, 0.15) is 12.5 Å². The van der Waals surface area contributed by atoms with E-state index in [1.165, 1.54) is 12.1 Å². The lowest BCUT2D eigenvalue weighted by Crippen LogP contribution is -2.39. The minimum Gasteiger partial charge on any atom is -0.495 e. The number of hydrogen-bond acceptors (Lipinski definition) is 4. The van der Waals surface area contributed by atoms with Gasteiger partial charge in [0.2, 0.25) is 5.91 Å². The van der Waals surface area contributed by atoms with Crippen molar-refractivity contribution in [3.8, 4) is 11.5 Å². The third kappa shape index (κ3) is 5.42. The fourth-order valence-electron chi connectivity index (χ4n) is 2.39. The van der Waals surface area contributed by atoms with Gasteiger partial charge in [-0.3, -0.25) is 9.69 Å². The summed E-state index contributed by atoms with van der Waals surface area (Å²) in [5.41, 5.74) is 1.49. The predicted molar refractivity (Wildman–Crippen MR) is 95.6 cm³/mol. The van der Waals surface area contributed by atoms with Gasteiger partial charge in [-0.1, -0.05) is 24.3 Å². The Bertz CT molecular complexity index is 723. The molecule has 0 heterocycles. The second kappa shape index (κ2) is 9.15. The highest BCUT2D eigenvalue weighted by Crippen LogP contribution is 2.23. The lowest BCUT2D eigenvalue weighted by atomic mass is 10.1. The number of alkyl halides is 2. The van der Waals surface area contributed by atoms with Gasteiger partial charge in [0.25, 0.3) is 0 Å². The molecule has 0 unspecified atom stereocenters. The van der Waals surface area contributed by atoms with E-state index in [0.29, 0.717) is 18.0 Å². The van der Waals surface area contributed by atoms with Crippen molar-refractivity contribution in [3.05, 3.63) is 54.1 Å². The van der Waals surface area contributed by atoms with Crippen molar-refractivity contribution in [3.63, 3.8) is 0 Å². The number of amides is 1. The van der Waals surface area contributed by atoms with E-state index < -0.39 is 12.7 Å². The highest BCUT2D eigenvalue weighted by atomic mass is 19.3. The van der Waals surface area contributed by atoms with Crippen molar-refractivity contribution in [1.82, 2.24) is 4.90 Å². The van der Waals surface area contributed by atoms with E-state index in [0.717, 1.165) is 5.56 Å². The molecule has 1 amide bonds. The Kier molecular flexibility index (Phi) is 6.91. The minimum absolute atomic E-state index is 0.105. The van der Waals surface area contributed by atoms with E-state index in [2.05, 4.69) is 10.1 Å². The van der Waals surface area contributed by atoms with Gasteiger partial charge in [0.15, 0.2) is 0 Å². The largest absolute Gasteiger partial charge is 0.495 e. The topological polar surface area (TPSA) is 50.8 Å². The predicted octanol–water partition coefficient (Wildman–Crippen LogP) is 3.76. The van der Waals surface area contributed by atoms with Crippen LogP contribution in [0.2, 0.25) is 0 Å². The summed E-state index contributed by atoms with van der Waals surface area (Å²) < 4.78 is 33.9. The molecule has 1 atom stereocenters. The Balaban J connectivity index is 1.95. The van der Waals surface area contributed by atoms with Gasteiger partial charge in [0.1, 0.15) is 11.5 Å². The second-order valence-electron chi connectivity index (χ2n) is 5.80. The smallest absolute Gasteiger partial charge is 0.387 e. The number of para-hydroxylation sites is 2. The first kappa shape index (κ1) is 19.7. The van der Waals surface area contributed by atoms with Crippen LogP contribution in [0, 0.1) is 0 Å². The van der Waals surface area contributed by atoms with E-state index in [4.69, 9.17) is 4.74 Å². The number of carbonyl (C=O) groups is 1. The number of anilines is 1. The fraction of sp³-hybridized carbons (Fsp3) is 0.316. The molecule has 0 bridgehead atoms. The van der Waals surface area contributed by atoms with Crippen LogP contribution in [0.3, 0.4) is 0 Å². The molecule has 0 spiro atoms. The number of nitrogens with one attached hydrogen (secondary N) is 1. The molecular formula is C19H22F2N2O3. The Morgan fingerprint density at radius 1 is 1.15 bits per heavy atom. The average Bonchev–Trinajstić information content (AvgIpc) is 2.62. The van der Waals surface area contributed by atoms with Crippen LogP contribution >= 0.6 is 0 Å². The molecule has 2 aromatic rings. The van der Waals surface area contributed by atoms with E-state index in [-0.39, 0.29) is 11.7 Å². The lowest BCUT2D eigenvalue weighted by molar-refractivity contribution is -0.120. The number of carbonyl (C=O) groups excluding carboxylic acids is 1. The summed E-state index contributed by atoms with van der Waals surface area (Å²) in [6.45, 7) is -0.573. The average molecular weight is 364 g/mol. The summed E-state index contributed by atoms with van der Waals surface area (Å²) in [5, 5.41) is 2.85. The maximum Gasteiger partial charge on any atom is 0.387 e. The Morgan fingerprint density at radius 3 is 2.42 bits per heavy atom. The molecule has 2 aromatic carbocycles. The van der Waals surface area contributed by atoms with Crippen molar-refractivity contribution in [2.75, 3.05) is 19.5 Å². The van der Waals surface area contributed by atoms with Crippen LogP contribution in [0.4, 0.5) is 14.5 Å². The Morgan fingerprint density at radius 2 is 1.81 bits per heavy atom. The molecule has 0 aliphatic rings. The van der Waals surface area contributed by atoms with Crippen LogP contribution in [-0.4, -0.2) is 37.6 Å². The molecule has 0 radical (unpaired) electrons. The standard InChI is InChI=1S/C19H22F2N2O3/c1-13(18(24)22-16-6-4-5-7-17(16)25-3)23(2)12-14-8-10-15(11-9-14)26-19(20)21/h4-11,13,19H,12H2,1-3H3,(H,22,24)/t13-/m1/s1. The third-order valence-corrected chi connectivity index (χ3v) is 3.99. The van der Waals surface area contributed by atoms with E-state index in [1.54, 1.807) is 38.3 Å². The van der Waals surface area contributed by atoms with Gasteiger partial charge in [0.05, 0.1) is 18.8 Å². The zero-order valence-electron chi connectivity index (χ0n) is 14.9. The normalized spacial score (nSPS) is 12.1. The van der Waals surface area contributed by atoms with Gasteiger partial charge in [-0.25, -0.2) is 0 Å². The highest BCUT2D eigenvalue weighted by molar-refractivity contribution is 5.95. The molecule has 7 heteroatoms. The van der Waals surface area contributed by atoms with Gasteiger partial charge in [0, 0.05) is 6.54 Å². The summed E-state index contributed by atoms with van der Waals surface area (Å²) in [7, 11) is 3.36. The first-order chi connectivity index (χ1) is 12.4. The number of rotatable bonds is 8. The maximum atomic E-state index is 12.5. The van der Waals surface area contributed by atoms with Crippen molar-refractivity contribution >= 4 is 11.6 Å². The number of likely N-dealkylation sites (N-methyl/N-ethyl adjacent to an activating group) is 1. The Labute approximate surface area is 151 Å². The zero-order chi connectivity index (χ0) is 19.1. The van der Waals surface area contributed by atoms with Crippen LogP contribution in [0.25, 0.3) is 0 Å². The maximum absolute atomic E-state index is 12.5. The van der Waals surface area contributed by atoms with Crippen LogP contribution < -0.4 is 14.8 Å². The molecule has 26 heavy (non-hydrogen) atoms. The van der Waals surface area contributed by atoms with Gasteiger partial charge in [-0.05, 0) is 43.8 Å². The summed E-state index contributed by atoms with van der Waals surface area (Å²) in [5.74, 6) is 0.522. The second-order valence-corrected chi connectivity index (χ2v) is 5.80. The monoisotopic (exact) mass is 364 g/mol. The molecule has 1 N–H and O–H groups in total. The Hall–Kier alpha value is -2.67. The molecule has 5 nitrogen and oxygen atoms in total. The molecule has 0 aliphatic heterocycles. The van der Waals surface area contributed by atoms with E-state index >= 15 is 0 Å². The summed E-state index contributed by atoms with van der Waals surface area (Å²) in [6.07, 6.45) is 0. The first-order valence-electron chi connectivity index (χ1n) is 8.08.